The second kappa shape index (κ2) is 6.20. The van der Waals surface area contributed by atoms with Gasteiger partial charge >= 0.3 is 0 Å². The minimum atomic E-state index is 0.0923. The van der Waals surface area contributed by atoms with E-state index in [0.29, 0.717) is 6.04 Å². The van der Waals surface area contributed by atoms with Crippen molar-refractivity contribution < 1.29 is 4.79 Å². The third-order valence-corrected chi connectivity index (χ3v) is 4.29. The van der Waals surface area contributed by atoms with Crippen molar-refractivity contribution in [2.45, 2.75) is 51.0 Å². The van der Waals surface area contributed by atoms with Crippen LogP contribution in [-0.2, 0) is 4.79 Å². The van der Waals surface area contributed by atoms with Crippen LogP contribution in [0, 0.1) is 0 Å². The van der Waals surface area contributed by atoms with Crippen LogP contribution in [-0.4, -0.2) is 38.9 Å². The molecule has 1 aliphatic carbocycles. The van der Waals surface area contributed by atoms with Gasteiger partial charge in [-0.1, -0.05) is 24.5 Å². The smallest absolute Gasteiger partial charge is 0.246 e. The standard InChI is InChI=1S/C15H22N4O/c20-15(18-10-4-5-11-18)9-8-13-12-19(17-16-13)14-6-2-1-3-7-14/h8-9,12,14H,1-7,10-11H2/b9-8+. The molecule has 0 N–H and O–H groups in total. The van der Waals surface area contributed by atoms with Gasteiger partial charge in [0.25, 0.3) is 0 Å². The normalized spacial score (nSPS) is 20.9. The Balaban J connectivity index is 1.60. The third kappa shape index (κ3) is 3.08. The molecule has 1 amide bonds. The minimum absolute atomic E-state index is 0.0923. The Kier molecular flexibility index (Phi) is 4.14. The maximum absolute atomic E-state index is 11.9. The van der Waals surface area contributed by atoms with E-state index in [1.165, 1.54) is 32.1 Å². The molecule has 0 radical (unpaired) electrons. The zero-order valence-electron chi connectivity index (χ0n) is 11.9. The van der Waals surface area contributed by atoms with Crippen LogP contribution in [0.4, 0.5) is 0 Å². The second-order valence-corrected chi connectivity index (χ2v) is 5.78. The number of hydrogen-bond donors (Lipinski definition) is 0. The van der Waals surface area contributed by atoms with Crippen LogP contribution in [0.5, 0.6) is 0 Å². The number of hydrogen-bond acceptors (Lipinski definition) is 3. The number of amides is 1. The molecule has 0 spiro atoms. The molecule has 0 bridgehead atoms. The molecule has 20 heavy (non-hydrogen) atoms. The highest BCUT2D eigenvalue weighted by Gasteiger charge is 2.17. The highest BCUT2D eigenvalue weighted by Crippen LogP contribution is 2.27. The van der Waals surface area contributed by atoms with E-state index in [9.17, 15) is 4.79 Å². The summed E-state index contributed by atoms with van der Waals surface area (Å²) in [6, 6.07) is 0.493. The molecule has 1 aliphatic heterocycles. The molecule has 1 aromatic heterocycles. The predicted octanol–water partition coefficient (Wildman–Crippen LogP) is 2.42. The molecule has 5 nitrogen and oxygen atoms in total. The summed E-state index contributed by atoms with van der Waals surface area (Å²) in [6.07, 6.45) is 13.9. The van der Waals surface area contributed by atoms with Crippen molar-refractivity contribution in [3.63, 3.8) is 0 Å². The molecular formula is C15H22N4O. The van der Waals surface area contributed by atoms with E-state index >= 15 is 0 Å². The Morgan fingerprint density at radius 2 is 1.90 bits per heavy atom. The third-order valence-electron chi connectivity index (χ3n) is 4.29. The van der Waals surface area contributed by atoms with Crippen LogP contribution in [0.2, 0.25) is 0 Å². The zero-order chi connectivity index (χ0) is 13.8. The molecule has 2 fully saturated rings. The quantitative estimate of drug-likeness (QED) is 0.795. The Labute approximate surface area is 119 Å². The van der Waals surface area contributed by atoms with Crippen LogP contribution < -0.4 is 0 Å². The highest BCUT2D eigenvalue weighted by atomic mass is 16.2. The van der Waals surface area contributed by atoms with Gasteiger partial charge in [0.15, 0.2) is 0 Å². The van der Waals surface area contributed by atoms with Gasteiger partial charge in [0.05, 0.1) is 12.2 Å². The first-order chi connectivity index (χ1) is 9.83. The van der Waals surface area contributed by atoms with Crippen molar-refractivity contribution in [1.82, 2.24) is 19.9 Å². The Morgan fingerprint density at radius 1 is 1.15 bits per heavy atom. The summed E-state index contributed by atoms with van der Waals surface area (Å²) in [7, 11) is 0. The summed E-state index contributed by atoms with van der Waals surface area (Å²) in [6.45, 7) is 1.77. The molecular weight excluding hydrogens is 252 g/mol. The summed E-state index contributed by atoms with van der Waals surface area (Å²) >= 11 is 0. The van der Waals surface area contributed by atoms with E-state index < -0.39 is 0 Å². The first kappa shape index (κ1) is 13.3. The molecule has 1 saturated heterocycles. The average molecular weight is 274 g/mol. The lowest BCUT2D eigenvalue weighted by molar-refractivity contribution is -0.124. The fraction of sp³-hybridized carbons (Fsp3) is 0.667. The fourth-order valence-electron chi connectivity index (χ4n) is 3.09. The molecule has 1 aromatic rings. The molecule has 108 valence electrons. The van der Waals surface area contributed by atoms with Crippen LogP contribution in [0.25, 0.3) is 6.08 Å². The van der Waals surface area contributed by atoms with Gasteiger partial charge < -0.3 is 4.90 Å². The van der Waals surface area contributed by atoms with Gasteiger partial charge in [0.1, 0.15) is 5.69 Å². The number of carbonyl (C=O) groups excluding carboxylic acids is 1. The lowest BCUT2D eigenvalue weighted by Crippen LogP contribution is -2.25. The molecule has 3 rings (SSSR count). The largest absolute Gasteiger partial charge is 0.339 e. The first-order valence-electron chi connectivity index (χ1n) is 7.72. The van der Waals surface area contributed by atoms with E-state index in [0.717, 1.165) is 31.6 Å². The van der Waals surface area contributed by atoms with Crippen LogP contribution in [0.3, 0.4) is 0 Å². The van der Waals surface area contributed by atoms with E-state index in [1.54, 1.807) is 12.2 Å². The van der Waals surface area contributed by atoms with E-state index in [-0.39, 0.29) is 5.91 Å². The number of rotatable bonds is 3. The van der Waals surface area contributed by atoms with Crippen molar-refractivity contribution in [3.05, 3.63) is 18.0 Å². The summed E-state index contributed by atoms with van der Waals surface area (Å²) in [5.74, 6) is 0.0923. The molecule has 5 heteroatoms. The average Bonchev–Trinajstić information content (AvgIpc) is 3.17. The van der Waals surface area contributed by atoms with Crippen LogP contribution in [0.15, 0.2) is 12.3 Å². The minimum Gasteiger partial charge on any atom is -0.339 e. The fourth-order valence-corrected chi connectivity index (χ4v) is 3.09. The highest BCUT2D eigenvalue weighted by molar-refractivity contribution is 5.91. The zero-order valence-corrected chi connectivity index (χ0v) is 11.9. The van der Waals surface area contributed by atoms with E-state index in [4.69, 9.17) is 0 Å². The van der Waals surface area contributed by atoms with Crippen molar-refractivity contribution in [2.75, 3.05) is 13.1 Å². The summed E-state index contributed by atoms with van der Waals surface area (Å²) < 4.78 is 1.97. The van der Waals surface area contributed by atoms with Gasteiger partial charge in [-0.3, -0.25) is 4.79 Å². The lowest BCUT2D eigenvalue weighted by Gasteiger charge is -2.20. The van der Waals surface area contributed by atoms with Crippen molar-refractivity contribution in [2.24, 2.45) is 0 Å². The Bertz CT molecular complexity index is 482. The predicted molar refractivity (Wildman–Crippen MR) is 77.0 cm³/mol. The number of carbonyl (C=O) groups is 1. The molecule has 0 unspecified atom stereocenters. The van der Waals surface area contributed by atoms with Gasteiger partial charge in [-0.25, -0.2) is 4.68 Å². The molecule has 1 saturated carbocycles. The number of aromatic nitrogens is 3. The Hall–Kier alpha value is -1.65. The van der Waals surface area contributed by atoms with Gasteiger partial charge in [-0.2, -0.15) is 0 Å². The van der Waals surface area contributed by atoms with E-state index in [1.807, 2.05) is 15.8 Å². The Morgan fingerprint density at radius 3 is 2.65 bits per heavy atom. The maximum atomic E-state index is 11.9. The van der Waals surface area contributed by atoms with Gasteiger partial charge in [-0.05, 0) is 31.8 Å². The van der Waals surface area contributed by atoms with Crippen molar-refractivity contribution in [1.29, 1.82) is 0 Å². The van der Waals surface area contributed by atoms with Crippen molar-refractivity contribution >= 4 is 12.0 Å². The summed E-state index contributed by atoms with van der Waals surface area (Å²) in [5.41, 5.74) is 0.781. The van der Waals surface area contributed by atoms with Crippen LogP contribution in [0.1, 0.15) is 56.7 Å². The van der Waals surface area contributed by atoms with Crippen LogP contribution >= 0.6 is 0 Å². The lowest BCUT2D eigenvalue weighted by atomic mass is 9.96. The molecule has 2 heterocycles. The number of nitrogens with zero attached hydrogens (tertiary/aromatic N) is 4. The number of likely N-dealkylation sites (tertiary alicyclic amines) is 1. The molecule has 0 aromatic carbocycles. The van der Waals surface area contributed by atoms with Crippen molar-refractivity contribution in [3.8, 4) is 0 Å². The van der Waals surface area contributed by atoms with E-state index in [2.05, 4.69) is 10.3 Å². The molecule has 0 atom stereocenters. The first-order valence-corrected chi connectivity index (χ1v) is 7.72. The second-order valence-electron chi connectivity index (χ2n) is 5.78. The van der Waals surface area contributed by atoms with Gasteiger partial charge in [0.2, 0.25) is 5.91 Å². The summed E-state index contributed by atoms with van der Waals surface area (Å²) in [5, 5.41) is 8.35. The maximum Gasteiger partial charge on any atom is 0.246 e. The monoisotopic (exact) mass is 274 g/mol. The topological polar surface area (TPSA) is 51.0 Å². The molecule has 2 aliphatic rings. The SMILES string of the molecule is O=C(/C=C/c1cn(C2CCCCC2)nn1)N1CCCC1. The van der Waals surface area contributed by atoms with Gasteiger partial charge in [-0.15, -0.1) is 5.10 Å². The van der Waals surface area contributed by atoms with Gasteiger partial charge in [0, 0.05) is 19.2 Å². The summed E-state index contributed by atoms with van der Waals surface area (Å²) in [4.78, 5) is 13.8.